The van der Waals surface area contributed by atoms with Crippen LogP contribution in [-0.2, 0) is 35.5 Å². The van der Waals surface area contributed by atoms with E-state index < -0.39 is 5.97 Å². The Morgan fingerprint density at radius 1 is 0.647 bits per heavy atom. The molecule has 0 radical (unpaired) electrons. The second kappa shape index (κ2) is 24.0. The summed E-state index contributed by atoms with van der Waals surface area (Å²) in [6, 6.07) is 26.7. The van der Waals surface area contributed by atoms with Gasteiger partial charge in [-0.15, -0.1) is 0 Å². The number of anilines is 4. The molecule has 8 aliphatic rings. The van der Waals surface area contributed by atoms with E-state index in [1.807, 2.05) is 38.2 Å². The van der Waals surface area contributed by atoms with Crippen LogP contribution in [0.15, 0.2) is 84.9 Å². The molecule has 1 amide bonds. The van der Waals surface area contributed by atoms with E-state index in [-0.39, 0.29) is 29.1 Å². The molecule has 0 spiro atoms. The van der Waals surface area contributed by atoms with Gasteiger partial charge in [-0.05, 0) is 152 Å². The molecule has 0 bridgehead atoms. The van der Waals surface area contributed by atoms with Gasteiger partial charge in [0.2, 0.25) is 5.91 Å². The number of carbonyl (C=O) groups is 2. The lowest BCUT2D eigenvalue weighted by Crippen LogP contribution is -2.44. The first-order chi connectivity index (χ1) is 41.2. The van der Waals surface area contributed by atoms with Gasteiger partial charge in [0.25, 0.3) is 0 Å². The summed E-state index contributed by atoms with van der Waals surface area (Å²) in [6.45, 7) is 14.6. The number of carboxylic acid groups (broad SMARTS) is 1. The van der Waals surface area contributed by atoms with Crippen molar-refractivity contribution in [2.24, 2.45) is 0 Å². The van der Waals surface area contributed by atoms with Crippen LogP contribution in [0.25, 0.3) is 21.5 Å². The Morgan fingerprint density at radius 3 is 1.58 bits per heavy atom. The molecule has 2 aromatic heterocycles. The van der Waals surface area contributed by atoms with Crippen LogP contribution < -0.4 is 34.4 Å². The van der Waals surface area contributed by atoms with Gasteiger partial charge in [-0.1, -0.05) is 71.7 Å². The number of ether oxygens (including phenoxy) is 2. The zero-order valence-corrected chi connectivity index (χ0v) is 51.1. The largest absolute Gasteiger partial charge is 0.478 e. The van der Waals surface area contributed by atoms with Crippen LogP contribution in [0.3, 0.4) is 0 Å². The van der Waals surface area contributed by atoms with Crippen LogP contribution >= 0.6 is 23.2 Å². The highest BCUT2D eigenvalue weighted by molar-refractivity contribution is 6.37. The Balaban J connectivity index is 0.000000160. The lowest BCUT2D eigenvalue weighted by Gasteiger charge is -2.35. The minimum Gasteiger partial charge on any atom is -0.478 e. The number of carboxylic acids is 1. The smallest absolute Gasteiger partial charge is 0.328 e. The molecule has 4 aromatic carbocycles. The number of nitrogens with one attached hydrogen (secondary N) is 1. The van der Waals surface area contributed by atoms with Crippen LogP contribution in [0.1, 0.15) is 101 Å². The second-order valence-corrected chi connectivity index (χ2v) is 26.1. The summed E-state index contributed by atoms with van der Waals surface area (Å²) in [5.74, 6) is 0.460. The van der Waals surface area contributed by atoms with E-state index in [0.717, 1.165) is 156 Å². The summed E-state index contributed by atoms with van der Waals surface area (Å²) in [5, 5.41) is 18.6. The maximum absolute atomic E-state index is 12.8. The van der Waals surface area contributed by atoms with Gasteiger partial charge in [-0.25, -0.2) is 4.79 Å². The van der Waals surface area contributed by atoms with E-state index >= 15 is 0 Å². The van der Waals surface area contributed by atoms with Crippen molar-refractivity contribution in [1.82, 2.24) is 40.0 Å². The number of amides is 1. The van der Waals surface area contributed by atoms with E-state index in [0.29, 0.717) is 50.4 Å². The minimum atomic E-state index is -1.13. The zero-order chi connectivity index (χ0) is 58.6. The summed E-state index contributed by atoms with van der Waals surface area (Å²) in [4.78, 5) is 60.4. The summed E-state index contributed by atoms with van der Waals surface area (Å²) in [7, 11) is 4.23. The number of benzene rings is 4. The van der Waals surface area contributed by atoms with E-state index in [9.17, 15) is 9.59 Å². The molecule has 6 saturated heterocycles. The molecule has 0 aliphatic carbocycles. The van der Waals surface area contributed by atoms with Crippen molar-refractivity contribution in [3.05, 3.63) is 118 Å². The van der Waals surface area contributed by atoms with E-state index in [1.165, 1.54) is 62.9 Å². The van der Waals surface area contributed by atoms with Crippen molar-refractivity contribution in [2.45, 2.75) is 139 Å². The fourth-order valence-corrected chi connectivity index (χ4v) is 16.2. The van der Waals surface area contributed by atoms with Crippen LogP contribution in [-0.4, -0.2) is 167 Å². The monoisotopic (exact) mass is 1190 g/mol. The number of carbonyl (C=O) groups excluding carboxylic acids is 1. The van der Waals surface area contributed by atoms with Gasteiger partial charge in [0.05, 0.1) is 45.6 Å². The van der Waals surface area contributed by atoms with Gasteiger partial charge >= 0.3 is 18.0 Å². The molecule has 2 N–H and O–H groups in total. The highest BCUT2D eigenvalue weighted by atomic mass is 35.5. The van der Waals surface area contributed by atoms with Crippen LogP contribution in [0, 0.1) is 0 Å². The van der Waals surface area contributed by atoms with Gasteiger partial charge < -0.3 is 44.4 Å². The molecule has 6 aromatic rings. The second-order valence-electron chi connectivity index (χ2n) is 25.3. The SMILES string of the molecule is C[C@H]1C[C@@H](N(C)c2nc(OCC34CCCN3CCC4)nc3c2CCN(c2cccc4cccc(Cl)c24)C3)CN1.C[C@H]1C[C@@H](N(C)c2nc(OCC34CCCN3CCC4)nc3c2CCN(c2cccc4cccc(Cl)c24)C3)CN1C(=O)/C=C/C(=O)O. The van der Waals surface area contributed by atoms with Crippen LogP contribution in [0.2, 0.25) is 10.0 Å². The van der Waals surface area contributed by atoms with E-state index in [4.69, 9.17) is 57.7 Å². The molecule has 85 heavy (non-hydrogen) atoms. The number of aliphatic carboxylic acids is 1. The van der Waals surface area contributed by atoms with Crippen molar-refractivity contribution < 1.29 is 24.2 Å². The lowest BCUT2D eigenvalue weighted by atomic mass is 9.95. The fraction of sp³-hybridized carbons (Fsp3) is 0.515. The molecule has 0 unspecified atom stereocenters. The maximum Gasteiger partial charge on any atom is 0.328 e. The van der Waals surface area contributed by atoms with Gasteiger partial charge in [-0.2, -0.15) is 19.9 Å². The summed E-state index contributed by atoms with van der Waals surface area (Å²) < 4.78 is 13.0. The Labute approximate surface area is 509 Å². The number of likely N-dealkylation sites (N-methyl/N-ethyl adjacent to an activating group) is 2. The van der Waals surface area contributed by atoms with Gasteiger partial charge in [-0.3, -0.25) is 14.6 Å². The number of halogens is 2. The molecule has 17 nitrogen and oxygen atoms in total. The number of hydrogen-bond acceptors (Lipinski definition) is 15. The van der Waals surface area contributed by atoms with Crippen molar-refractivity contribution >= 4 is 79.6 Å². The normalized spacial score (nSPS) is 23.2. The standard InChI is InChI=1S/C35H41ClN6O4.C31H39ClN6O/c1-23-19-25(20-42(23)30(43)11-12-31(44)45)39(2)33-26-13-18-40(29-10-4-8-24-7-3-9-27(36)32(24)29)21-28(26)37-34(38-33)46-22-35-14-5-16-41(35)17-6-15-35;1-21-17-23(18-33-21)36(2)29-24-11-16-37(27-10-4-8-22-7-3-9-25(32)28(22)27)19-26(24)34-30(35-29)39-20-31-12-5-14-38(31)15-6-13-31/h3-4,7-12,23,25H,5-6,13-22H2,1-2H3,(H,44,45);3-4,7-10,21,23,33H,5-6,11-20H2,1-2H3/b12-11+;/t23-,25+;21-,23+/m00/s1. The molecule has 14 rings (SSSR count). The first kappa shape index (κ1) is 57.6. The number of fused-ring (bicyclic) bond motifs is 6. The Morgan fingerprint density at radius 2 is 1.12 bits per heavy atom. The molecular formula is C66H80Cl2N12O5. The topological polar surface area (TPSA) is 159 Å². The third-order valence-electron chi connectivity index (χ3n) is 20.2. The predicted molar refractivity (Wildman–Crippen MR) is 337 cm³/mol. The number of aromatic nitrogens is 4. The van der Waals surface area contributed by atoms with E-state index in [2.05, 4.69) is 97.2 Å². The Hall–Kier alpha value is -6.50. The molecular weight excluding hydrogens is 1110 g/mol. The molecule has 0 saturated carbocycles. The molecule has 10 heterocycles. The summed E-state index contributed by atoms with van der Waals surface area (Å²) in [5.41, 5.74) is 6.87. The van der Waals surface area contributed by atoms with Crippen molar-refractivity contribution in [1.29, 1.82) is 0 Å². The minimum absolute atomic E-state index is 0.0117. The number of nitrogens with zero attached hydrogens (tertiary/aromatic N) is 11. The highest BCUT2D eigenvalue weighted by Crippen LogP contribution is 2.43. The average Bonchev–Trinajstić information content (AvgIpc) is 3.64. The van der Waals surface area contributed by atoms with Crippen molar-refractivity contribution in [3.63, 3.8) is 0 Å². The summed E-state index contributed by atoms with van der Waals surface area (Å²) in [6.07, 6.45) is 15.2. The lowest BCUT2D eigenvalue weighted by molar-refractivity contribution is -0.132. The van der Waals surface area contributed by atoms with Gasteiger partial charge in [0.1, 0.15) is 24.8 Å². The van der Waals surface area contributed by atoms with Gasteiger partial charge in [0, 0.05) is 110 Å². The number of hydrogen-bond donors (Lipinski definition) is 2. The molecule has 448 valence electrons. The third kappa shape index (κ3) is 11.3. The fourth-order valence-electron chi connectivity index (χ4n) is 15.7. The molecule has 8 aliphatic heterocycles. The van der Waals surface area contributed by atoms with E-state index in [1.54, 1.807) is 4.90 Å². The number of rotatable bonds is 14. The highest BCUT2D eigenvalue weighted by Gasteiger charge is 2.47. The Kier molecular flexibility index (Phi) is 16.2. The number of likely N-dealkylation sites (tertiary alicyclic amines) is 1. The van der Waals surface area contributed by atoms with Crippen molar-refractivity contribution in [3.8, 4) is 12.0 Å². The third-order valence-corrected chi connectivity index (χ3v) is 20.9. The van der Waals surface area contributed by atoms with Crippen LogP contribution in [0.4, 0.5) is 23.0 Å². The predicted octanol–water partition coefficient (Wildman–Crippen LogP) is 9.96. The van der Waals surface area contributed by atoms with Crippen LogP contribution in [0.5, 0.6) is 12.0 Å². The molecule has 4 atom stereocenters. The molecule has 6 fully saturated rings. The first-order valence-electron chi connectivity index (χ1n) is 31.0. The first-order valence-corrected chi connectivity index (χ1v) is 31.8. The van der Waals surface area contributed by atoms with Crippen molar-refractivity contribution in [2.75, 3.05) is 99.3 Å². The average molecular weight is 1190 g/mol. The zero-order valence-electron chi connectivity index (χ0n) is 49.6. The molecule has 19 heteroatoms. The van der Waals surface area contributed by atoms with Gasteiger partial charge in [0.15, 0.2) is 0 Å². The summed E-state index contributed by atoms with van der Waals surface area (Å²) >= 11 is 13.4. The Bertz CT molecular complexity index is 3500. The maximum atomic E-state index is 12.8. The quantitative estimate of drug-likeness (QED) is 0.0992.